The monoisotopic (exact) mass is 499 g/mol. The number of halogens is 1. The van der Waals surface area contributed by atoms with Gasteiger partial charge in [0.25, 0.3) is 5.91 Å². The van der Waals surface area contributed by atoms with Gasteiger partial charge in [-0.25, -0.2) is 4.79 Å². The number of primary amides is 1. The fourth-order valence-corrected chi connectivity index (χ4v) is 4.53. The number of piperidine rings is 1. The van der Waals surface area contributed by atoms with Gasteiger partial charge in [0.05, 0.1) is 5.56 Å². The number of benzene rings is 2. The highest BCUT2D eigenvalue weighted by Gasteiger charge is 2.22. The molecule has 2 aliphatic heterocycles. The number of phenolic OH excluding ortho intramolecular Hbond substituents is 1. The zero-order valence-electron chi connectivity index (χ0n) is 19.6. The number of hydrogen-bond donors (Lipinski definition) is 3. The van der Waals surface area contributed by atoms with Crippen LogP contribution in [0.5, 0.6) is 5.75 Å². The van der Waals surface area contributed by atoms with Crippen LogP contribution in [0.15, 0.2) is 42.5 Å². The molecular formula is C26H32ClN4O4. The summed E-state index contributed by atoms with van der Waals surface area (Å²) in [7, 11) is 0. The first-order valence-electron chi connectivity index (χ1n) is 11.8. The Labute approximate surface area is 211 Å². The Kier molecular flexibility index (Phi) is 8.98. The molecule has 187 valence electrons. The van der Waals surface area contributed by atoms with Crippen LogP contribution < -0.4 is 16.0 Å². The van der Waals surface area contributed by atoms with E-state index >= 15 is 0 Å². The Morgan fingerprint density at radius 2 is 1.60 bits per heavy atom. The van der Waals surface area contributed by atoms with Crippen LogP contribution in [0, 0.1) is 6.42 Å². The average molecular weight is 500 g/mol. The lowest BCUT2D eigenvalue weighted by Crippen LogP contribution is -2.39. The van der Waals surface area contributed by atoms with E-state index in [1.807, 2.05) is 12.5 Å². The minimum atomic E-state index is -0.462. The van der Waals surface area contributed by atoms with E-state index in [1.165, 1.54) is 6.42 Å². The first-order valence-corrected chi connectivity index (χ1v) is 11.8. The zero-order chi connectivity index (χ0) is 24.1. The fourth-order valence-electron chi connectivity index (χ4n) is 4.53. The summed E-state index contributed by atoms with van der Waals surface area (Å²) in [5.41, 5.74) is 7.38. The number of rotatable bonds is 5. The van der Waals surface area contributed by atoms with Crippen LogP contribution in [0.2, 0.25) is 0 Å². The molecular weight excluding hydrogens is 468 g/mol. The van der Waals surface area contributed by atoms with E-state index < -0.39 is 6.03 Å². The number of amides is 3. The number of ketones is 1. The summed E-state index contributed by atoms with van der Waals surface area (Å²) in [5, 5.41) is 13.3. The summed E-state index contributed by atoms with van der Waals surface area (Å²) in [6.07, 6.45) is 6.80. The van der Waals surface area contributed by atoms with Crippen molar-refractivity contribution in [3.8, 4) is 5.75 Å². The Balaban J connectivity index is 0.00000342. The Hall–Kier alpha value is -3.26. The minimum absolute atomic E-state index is 0. The van der Waals surface area contributed by atoms with Crippen LogP contribution in [0.1, 0.15) is 58.4 Å². The van der Waals surface area contributed by atoms with Crippen molar-refractivity contribution in [1.82, 2.24) is 10.2 Å². The molecule has 2 aromatic rings. The molecule has 9 heteroatoms. The van der Waals surface area contributed by atoms with Crippen LogP contribution in [0.4, 0.5) is 10.5 Å². The van der Waals surface area contributed by atoms with Gasteiger partial charge in [0, 0.05) is 55.5 Å². The third kappa shape index (κ3) is 6.45. The predicted octanol–water partition coefficient (Wildman–Crippen LogP) is 3.51. The van der Waals surface area contributed by atoms with Gasteiger partial charge in [-0.05, 0) is 62.4 Å². The van der Waals surface area contributed by atoms with Crippen LogP contribution in [-0.4, -0.2) is 59.9 Å². The third-order valence-corrected chi connectivity index (χ3v) is 6.54. The van der Waals surface area contributed by atoms with E-state index in [1.54, 1.807) is 41.3 Å². The molecule has 4 rings (SSSR count). The predicted molar refractivity (Wildman–Crippen MR) is 137 cm³/mol. The van der Waals surface area contributed by atoms with Gasteiger partial charge in [0.15, 0.2) is 5.78 Å². The van der Waals surface area contributed by atoms with Crippen LogP contribution in [-0.2, 0) is 0 Å². The molecule has 8 nitrogen and oxygen atoms in total. The molecule has 2 saturated heterocycles. The first kappa shape index (κ1) is 26.3. The number of carbonyl (C=O) groups excluding carboxylic acids is 3. The molecule has 4 N–H and O–H groups in total. The summed E-state index contributed by atoms with van der Waals surface area (Å²) in [4.78, 5) is 40.9. The van der Waals surface area contributed by atoms with Crippen molar-refractivity contribution in [3.63, 3.8) is 0 Å². The molecule has 0 aliphatic carbocycles. The molecule has 2 heterocycles. The standard InChI is InChI=1S/C26H31N4O4.ClH/c27-26(34)30-15-4-5-20(12-16-30)28-25(33)19-8-6-18(7-9-19)24(32)22-17-21(10-11-23(22)31)29-13-2-1-3-14-29;/h6-12,17,20,31H,1-5,13-16H2,(H2,27,34)(H,28,33);1H/t20-;/m0./s1. The van der Waals surface area contributed by atoms with Crippen molar-refractivity contribution in [2.75, 3.05) is 31.1 Å². The van der Waals surface area contributed by atoms with E-state index in [0.29, 0.717) is 24.2 Å². The van der Waals surface area contributed by atoms with Crippen molar-refractivity contribution in [2.45, 2.75) is 38.1 Å². The largest absolute Gasteiger partial charge is 0.507 e. The normalized spacial score (nSPS) is 18.2. The molecule has 35 heavy (non-hydrogen) atoms. The number of anilines is 1. The summed E-state index contributed by atoms with van der Waals surface area (Å²) in [6, 6.07) is 11.0. The molecule has 0 aromatic heterocycles. The van der Waals surface area contributed by atoms with Gasteiger partial charge < -0.3 is 26.0 Å². The first-order chi connectivity index (χ1) is 16.4. The maximum atomic E-state index is 13.1. The van der Waals surface area contributed by atoms with Gasteiger partial charge >= 0.3 is 6.03 Å². The van der Waals surface area contributed by atoms with E-state index in [-0.39, 0.29) is 41.5 Å². The van der Waals surface area contributed by atoms with Crippen molar-refractivity contribution < 1.29 is 19.5 Å². The van der Waals surface area contributed by atoms with E-state index in [0.717, 1.165) is 44.5 Å². The maximum Gasteiger partial charge on any atom is 0.314 e. The number of nitrogens with zero attached hydrogens (tertiary/aromatic N) is 2. The second-order valence-electron chi connectivity index (χ2n) is 8.90. The Morgan fingerprint density at radius 1 is 0.914 bits per heavy atom. The lowest BCUT2D eigenvalue weighted by atomic mass is 9.99. The molecule has 0 saturated carbocycles. The van der Waals surface area contributed by atoms with Gasteiger partial charge in [-0.2, -0.15) is 0 Å². The molecule has 2 fully saturated rings. The Bertz CT molecular complexity index is 1050. The van der Waals surface area contributed by atoms with Crippen molar-refractivity contribution in [1.29, 1.82) is 0 Å². The number of likely N-dealkylation sites (tertiary alicyclic amines) is 1. The lowest BCUT2D eigenvalue weighted by Gasteiger charge is -2.29. The number of hydrogen-bond acceptors (Lipinski definition) is 5. The van der Waals surface area contributed by atoms with E-state index in [9.17, 15) is 19.5 Å². The fraction of sp³-hybridized carbons (Fsp3) is 0.385. The third-order valence-electron chi connectivity index (χ3n) is 6.54. The number of urea groups is 1. The Morgan fingerprint density at radius 3 is 2.29 bits per heavy atom. The van der Waals surface area contributed by atoms with E-state index in [2.05, 4.69) is 10.2 Å². The molecule has 2 aliphatic rings. The number of carbonyl (C=O) groups is 3. The van der Waals surface area contributed by atoms with Gasteiger partial charge in [0.1, 0.15) is 5.75 Å². The van der Waals surface area contributed by atoms with Crippen molar-refractivity contribution >= 4 is 35.8 Å². The number of phenols is 1. The zero-order valence-corrected chi connectivity index (χ0v) is 20.4. The molecule has 3 amide bonds. The van der Waals surface area contributed by atoms with Gasteiger partial charge in [-0.1, -0.05) is 12.1 Å². The smallest absolute Gasteiger partial charge is 0.314 e. The highest BCUT2D eigenvalue weighted by Crippen LogP contribution is 2.28. The summed E-state index contributed by atoms with van der Waals surface area (Å²) in [5.74, 6) is -0.587. The number of nitrogens with one attached hydrogen (secondary N) is 1. The van der Waals surface area contributed by atoms with Crippen molar-refractivity contribution in [2.24, 2.45) is 5.73 Å². The quantitative estimate of drug-likeness (QED) is 0.544. The molecule has 0 bridgehead atoms. The SMILES string of the molecule is Cl.NC(=O)N1C[CH][C@@H](NC(=O)c2ccc(C(=O)c3cc(N4CCCCC4)ccc3O)cc2)CCC1. The molecule has 2 aromatic carbocycles. The maximum absolute atomic E-state index is 13.1. The van der Waals surface area contributed by atoms with Crippen LogP contribution in [0.3, 0.4) is 0 Å². The number of nitrogens with two attached hydrogens (primary N) is 1. The number of aromatic hydroxyl groups is 1. The summed E-state index contributed by atoms with van der Waals surface area (Å²) < 4.78 is 0. The molecule has 1 radical (unpaired) electrons. The minimum Gasteiger partial charge on any atom is -0.507 e. The second kappa shape index (κ2) is 11.9. The summed E-state index contributed by atoms with van der Waals surface area (Å²) in [6.45, 7) is 2.86. The van der Waals surface area contributed by atoms with Gasteiger partial charge in [-0.15, -0.1) is 12.4 Å². The highest BCUT2D eigenvalue weighted by molar-refractivity contribution is 6.11. The van der Waals surface area contributed by atoms with Crippen LogP contribution in [0.25, 0.3) is 0 Å². The average Bonchev–Trinajstić information content (AvgIpc) is 3.10. The topological polar surface area (TPSA) is 116 Å². The van der Waals surface area contributed by atoms with Gasteiger partial charge in [-0.3, -0.25) is 9.59 Å². The molecule has 0 spiro atoms. The molecule has 0 unspecified atom stereocenters. The van der Waals surface area contributed by atoms with Crippen LogP contribution >= 0.6 is 12.4 Å². The van der Waals surface area contributed by atoms with Gasteiger partial charge in [0.2, 0.25) is 0 Å². The molecule has 1 atom stereocenters. The highest BCUT2D eigenvalue weighted by atomic mass is 35.5. The second-order valence-corrected chi connectivity index (χ2v) is 8.90. The lowest BCUT2D eigenvalue weighted by molar-refractivity contribution is 0.0939. The summed E-state index contributed by atoms with van der Waals surface area (Å²) >= 11 is 0. The van der Waals surface area contributed by atoms with E-state index in [4.69, 9.17) is 5.73 Å². The van der Waals surface area contributed by atoms with Crippen molar-refractivity contribution in [3.05, 3.63) is 65.6 Å².